The number of likely N-dealkylation sites (N-methyl/N-ethyl adjacent to an activating group) is 1. The number of fused-ring (bicyclic) bond motifs is 1. The highest BCUT2D eigenvalue weighted by Gasteiger charge is 2.19. The van der Waals surface area contributed by atoms with Crippen molar-refractivity contribution in [1.82, 2.24) is 14.7 Å². The second kappa shape index (κ2) is 8.49. The predicted molar refractivity (Wildman–Crippen MR) is 105 cm³/mol. The van der Waals surface area contributed by atoms with Crippen LogP contribution in [-0.4, -0.2) is 40.8 Å². The molecular weight excluding hydrogens is 342 g/mol. The van der Waals surface area contributed by atoms with Gasteiger partial charge in [-0.1, -0.05) is 43.3 Å². The molecule has 6 heteroatoms. The monoisotopic (exact) mass is 365 g/mol. The number of hydrogen-bond acceptors (Lipinski definition) is 4. The molecule has 27 heavy (non-hydrogen) atoms. The summed E-state index contributed by atoms with van der Waals surface area (Å²) in [5.41, 5.74) is 0.125. The third-order valence-corrected chi connectivity index (χ3v) is 4.29. The Morgan fingerprint density at radius 3 is 2.44 bits per heavy atom. The minimum absolute atomic E-state index is 0.168. The van der Waals surface area contributed by atoms with Crippen molar-refractivity contribution in [2.75, 3.05) is 20.2 Å². The standard InChI is InChI=1S/C21H23N3O3/c1-3-13-24-20(25)18-12-8-7-11-17(18)19(22-24)21(26)23(2)14-15-27-16-9-5-4-6-10-16/h4-12H,3,13-15H2,1-2H3. The van der Waals surface area contributed by atoms with Gasteiger partial charge in [-0.25, -0.2) is 4.68 Å². The van der Waals surface area contributed by atoms with Gasteiger partial charge in [0.25, 0.3) is 11.5 Å². The highest BCUT2D eigenvalue weighted by molar-refractivity contribution is 6.04. The summed E-state index contributed by atoms with van der Waals surface area (Å²) in [6.45, 7) is 3.23. The molecule has 1 heterocycles. The van der Waals surface area contributed by atoms with Crippen LogP contribution in [0.4, 0.5) is 0 Å². The summed E-state index contributed by atoms with van der Waals surface area (Å²) in [5, 5.41) is 5.44. The van der Waals surface area contributed by atoms with E-state index in [0.29, 0.717) is 36.2 Å². The van der Waals surface area contributed by atoms with Crippen molar-refractivity contribution < 1.29 is 9.53 Å². The van der Waals surface area contributed by atoms with Crippen LogP contribution in [0.15, 0.2) is 59.4 Å². The highest BCUT2D eigenvalue weighted by Crippen LogP contribution is 2.15. The highest BCUT2D eigenvalue weighted by atomic mass is 16.5. The normalized spacial score (nSPS) is 10.7. The van der Waals surface area contributed by atoms with E-state index in [0.717, 1.165) is 12.2 Å². The van der Waals surface area contributed by atoms with E-state index in [-0.39, 0.29) is 11.5 Å². The number of amides is 1. The zero-order valence-electron chi connectivity index (χ0n) is 15.6. The fraction of sp³-hybridized carbons (Fsp3) is 0.286. The van der Waals surface area contributed by atoms with Gasteiger partial charge in [0.1, 0.15) is 12.4 Å². The van der Waals surface area contributed by atoms with Gasteiger partial charge in [0.05, 0.1) is 11.9 Å². The van der Waals surface area contributed by atoms with Crippen LogP contribution in [0.1, 0.15) is 23.8 Å². The Balaban J connectivity index is 1.81. The average molecular weight is 365 g/mol. The second-order valence-corrected chi connectivity index (χ2v) is 6.31. The Kier molecular flexibility index (Phi) is 5.86. The number of ether oxygens (including phenoxy) is 1. The maximum Gasteiger partial charge on any atom is 0.274 e. The van der Waals surface area contributed by atoms with E-state index in [1.165, 1.54) is 4.68 Å². The van der Waals surface area contributed by atoms with Crippen molar-refractivity contribution in [2.24, 2.45) is 0 Å². The smallest absolute Gasteiger partial charge is 0.274 e. The van der Waals surface area contributed by atoms with Crippen LogP contribution in [-0.2, 0) is 6.54 Å². The van der Waals surface area contributed by atoms with Crippen LogP contribution in [0, 0.1) is 0 Å². The fourth-order valence-electron chi connectivity index (χ4n) is 2.86. The second-order valence-electron chi connectivity index (χ2n) is 6.31. The van der Waals surface area contributed by atoms with E-state index in [2.05, 4.69) is 5.10 Å². The largest absolute Gasteiger partial charge is 0.492 e. The molecule has 1 amide bonds. The fourth-order valence-corrected chi connectivity index (χ4v) is 2.86. The Morgan fingerprint density at radius 1 is 1.07 bits per heavy atom. The zero-order chi connectivity index (χ0) is 19.2. The van der Waals surface area contributed by atoms with Crippen molar-refractivity contribution >= 4 is 16.7 Å². The first kappa shape index (κ1) is 18.6. The van der Waals surface area contributed by atoms with Crippen LogP contribution >= 0.6 is 0 Å². The van der Waals surface area contributed by atoms with E-state index >= 15 is 0 Å². The SMILES string of the molecule is CCCn1nc(C(=O)N(C)CCOc2ccccc2)c2ccccc2c1=O. The average Bonchev–Trinajstić information content (AvgIpc) is 2.70. The molecule has 0 fully saturated rings. The quantitative estimate of drug-likeness (QED) is 0.646. The van der Waals surface area contributed by atoms with Gasteiger partial charge in [-0.3, -0.25) is 9.59 Å². The minimum atomic E-state index is -0.229. The number of aryl methyl sites for hydroxylation is 1. The molecule has 0 atom stereocenters. The lowest BCUT2D eigenvalue weighted by Crippen LogP contribution is -2.34. The molecule has 0 saturated carbocycles. The lowest BCUT2D eigenvalue weighted by atomic mass is 10.1. The zero-order valence-corrected chi connectivity index (χ0v) is 15.6. The molecule has 140 valence electrons. The number of carbonyl (C=O) groups is 1. The van der Waals surface area contributed by atoms with Gasteiger partial charge in [-0.2, -0.15) is 5.10 Å². The Bertz CT molecular complexity index is 983. The van der Waals surface area contributed by atoms with E-state index < -0.39 is 0 Å². The van der Waals surface area contributed by atoms with Crippen LogP contribution < -0.4 is 10.3 Å². The summed E-state index contributed by atoms with van der Waals surface area (Å²) >= 11 is 0. The predicted octanol–water partition coefficient (Wildman–Crippen LogP) is 2.96. The van der Waals surface area contributed by atoms with Gasteiger partial charge in [-0.05, 0) is 24.6 Å². The number of carbonyl (C=O) groups excluding carboxylic acids is 1. The van der Waals surface area contributed by atoms with Crippen molar-refractivity contribution in [3.63, 3.8) is 0 Å². The number of aromatic nitrogens is 2. The van der Waals surface area contributed by atoms with E-state index in [1.54, 1.807) is 30.1 Å². The Hall–Kier alpha value is -3.15. The minimum Gasteiger partial charge on any atom is -0.492 e. The van der Waals surface area contributed by atoms with Gasteiger partial charge >= 0.3 is 0 Å². The molecule has 0 saturated heterocycles. The third-order valence-electron chi connectivity index (χ3n) is 4.29. The first-order chi connectivity index (χ1) is 13.1. The molecule has 0 spiro atoms. The van der Waals surface area contributed by atoms with Gasteiger partial charge in [-0.15, -0.1) is 0 Å². The van der Waals surface area contributed by atoms with E-state index in [1.807, 2.05) is 43.3 Å². The van der Waals surface area contributed by atoms with Gasteiger partial charge in [0, 0.05) is 19.0 Å². The molecule has 6 nitrogen and oxygen atoms in total. The molecule has 3 aromatic rings. The maximum absolute atomic E-state index is 13.0. The number of benzene rings is 2. The summed E-state index contributed by atoms with van der Waals surface area (Å²) in [7, 11) is 1.71. The Labute approximate surface area is 158 Å². The van der Waals surface area contributed by atoms with Gasteiger partial charge < -0.3 is 9.64 Å². The molecule has 2 aromatic carbocycles. The molecule has 0 aliphatic heterocycles. The first-order valence-electron chi connectivity index (χ1n) is 9.05. The topological polar surface area (TPSA) is 64.4 Å². The summed E-state index contributed by atoms with van der Waals surface area (Å²) in [5.74, 6) is 0.533. The molecule has 0 radical (unpaired) electrons. The molecule has 3 rings (SSSR count). The molecule has 0 aliphatic carbocycles. The third kappa shape index (κ3) is 4.16. The van der Waals surface area contributed by atoms with Gasteiger partial charge in [0.15, 0.2) is 5.69 Å². The summed E-state index contributed by atoms with van der Waals surface area (Å²) in [6.07, 6.45) is 0.764. The number of hydrogen-bond donors (Lipinski definition) is 0. The number of para-hydroxylation sites is 1. The van der Waals surface area contributed by atoms with Crippen LogP contribution in [0.2, 0.25) is 0 Å². The lowest BCUT2D eigenvalue weighted by Gasteiger charge is -2.18. The lowest BCUT2D eigenvalue weighted by molar-refractivity contribution is 0.0767. The summed E-state index contributed by atoms with van der Waals surface area (Å²) < 4.78 is 7.04. The number of rotatable bonds is 7. The van der Waals surface area contributed by atoms with Crippen molar-refractivity contribution in [1.29, 1.82) is 0 Å². The Morgan fingerprint density at radius 2 is 1.74 bits per heavy atom. The van der Waals surface area contributed by atoms with Gasteiger partial charge in [0.2, 0.25) is 0 Å². The molecule has 0 N–H and O–H groups in total. The molecule has 0 aliphatic rings. The first-order valence-corrected chi connectivity index (χ1v) is 9.05. The van der Waals surface area contributed by atoms with E-state index in [4.69, 9.17) is 4.74 Å². The number of nitrogens with zero attached hydrogens (tertiary/aromatic N) is 3. The van der Waals surface area contributed by atoms with E-state index in [9.17, 15) is 9.59 Å². The molecule has 0 unspecified atom stereocenters. The van der Waals surface area contributed by atoms with Crippen molar-refractivity contribution in [3.05, 3.63) is 70.6 Å². The molecule has 0 bridgehead atoms. The van der Waals surface area contributed by atoms with Crippen molar-refractivity contribution in [2.45, 2.75) is 19.9 Å². The summed E-state index contributed by atoms with van der Waals surface area (Å²) in [6, 6.07) is 16.6. The molecule has 1 aromatic heterocycles. The molecular formula is C21H23N3O3. The van der Waals surface area contributed by atoms with Crippen LogP contribution in [0.25, 0.3) is 10.8 Å². The van der Waals surface area contributed by atoms with Crippen LogP contribution in [0.5, 0.6) is 5.75 Å². The maximum atomic E-state index is 13.0. The van der Waals surface area contributed by atoms with Crippen molar-refractivity contribution in [3.8, 4) is 5.75 Å². The van der Waals surface area contributed by atoms with Crippen LogP contribution in [0.3, 0.4) is 0 Å². The summed E-state index contributed by atoms with van der Waals surface area (Å²) in [4.78, 5) is 27.1.